The van der Waals surface area contributed by atoms with Gasteiger partial charge in [-0.05, 0) is 55.5 Å². The molecule has 0 aliphatic heterocycles. The maximum absolute atomic E-state index is 13.3. The fourth-order valence-corrected chi connectivity index (χ4v) is 5.87. The zero-order chi connectivity index (χ0) is 19.5. The summed E-state index contributed by atoms with van der Waals surface area (Å²) in [6, 6.07) is 6.05. The molecule has 1 aromatic heterocycles. The first-order valence-corrected chi connectivity index (χ1v) is 11.0. The van der Waals surface area contributed by atoms with Crippen molar-refractivity contribution in [2.75, 3.05) is 6.54 Å². The third-order valence-corrected chi connectivity index (χ3v) is 7.92. The lowest BCUT2D eigenvalue weighted by Gasteiger charge is -2.27. The second-order valence-electron chi connectivity index (χ2n) is 7.04. The molecule has 1 amide bonds. The van der Waals surface area contributed by atoms with Gasteiger partial charge >= 0.3 is 0 Å². The smallest absolute Gasteiger partial charge is 0.241 e. The van der Waals surface area contributed by atoms with E-state index >= 15 is 0 Å². The van der Waals surface area contributed by atoms with Gasteiger partial charge in [-0.2, -0.15) is 5.10 Å². The Balaban J connectivity index is 1.69. The van der Waals surface area contributed by atoms with Crippen LogP contribution in [0.1, 0.15) is 37.7 Å². The van der Waals surface area contributed by atoms with Gasteiger partial charge in [0, 0.05) is 24.8 Å². The number of aryl methyl sites for hydroxylation is 2. The first kappa shape index (κ1) is 19.9. The molecule has 3 rings (SSSR count). The van der Waals surface area contributed by atoms with Gasteiger partial charge in [-0.1, -0.05) is 24.4 Å². The van der Waals surface area contributed by atoms with Gasteiger partial charge in [-0.15, -0.1) is 0 Å². The highest BCUT2D eigenvalue weighted by Gasteiger charge is 2.52. The number of carbonyl (C=O) groups excluding carboxylic acids is 1. The maximum Gasteiger partial charge on any atom is 0.241 e. The van der Waals surface area contributed by atoms with Gasteiger partial charge < -0.3 is 5.32 Å². The minimum Gasteiger partial charge on any atom is -0.355 e. The van der Waals surface area contributed by atoms with Crippen molar-refractivity contribution in [1.29, 1.82) is 0 Å². The Hall–Kier alpha value is -1.86. The summed E-state index contributed by atoms with van der Waals surface area (Å²) in [5.74, 6) is -0.388. The lowest BCUT2D eigenvalue weighted by Crippen LogP contribution is -2.50. The number of sulfone groups is 1. The minimum atomic E-state index is -3.79. The molecule has 1 heterocycles. The average molecular weight is 410 g/mol. The van der Waals surface area contributed by atoms with E-state index < -0.39 is 14.6 Å². The van der Waals surface area contributed by atoms with Crippen LogP contribution in [0.4, 0.5) is 0 Å². The zero-order valence-corrected chi connectivity index (χ0v) is 16.9. The van der Waals surface area contributed by atoms with Crippen molar-refractivity contribution < 1.29 is 13.2 Å². The molecule has 1 aliphatic carbocycles. The molecule has 1 aromatic carbocycles. The van der Waals surface area contributed by atoms with Gasteiger partial charge in [0.2, 0.25) is 5.91 Å². The minimum absolute atomic E-state index is 0.152. The van der Waals surface area contributed by atoms with Crippen molar-refractivity contribution in [2.24, 2.45) is 7.05 Å². The molecule has 8 heteroatoms. The number of aromatic nitrogens is 2. The second kappa shape index (κ2) is 8.02. The van der Waals surface area contributed by atoms with E-state index in [4.69, 9.17) is 11.6 Å². The van der Waals surface area contributed by atoms with Crippen molar-refractivity contribution in [1.82, 2.24) is 15.1 Å². The Kier molecular flexibility index (Phi) is 5.91. The average Bonchev–Trinajstić information content (AvgIpc) is 3.29. The van der Waals surface area contributed by atoms with E-state index in [0.29, 0.717) is 24.4 Å². The fraction of sp³-hybridized carbons (Fsp3) is 0.474. The maximum atomic E-state index is 13.3. The number of hydrogen-bond acceptors (Lipinski definition) is 4. The van der Waals surface area contributed by atoms with Crippen LogP contribution in [0, 0.1) is 0 Å². The van der Waals surface area contributed by atoms with Crippen molar-refractivity contribution in [2.45, 2.75) is 48.2 Å². The summed E-state index contributed by atoms with van der Waals surface area (Å²) in [5, 5.41) is 7.44. The number of halogens is 1. The molecule has 0 bridgehead atoms. The third-order valence-electron chi connectivity index (χ3n) is 5.15. The predicted molar refractivity (Wildman–Crippen MR) is 104 cm³/mol. The Bertz CT molecular complexity index is 901. The SMILES string of the molecule is Cn1cc(CCCNC(=O)C2(S(=O)(=O)c3ccc(Cl)cc3)CCCC2)cn1. The summed E-state index contributed by atoms with van der Waals surface area (Å²) in [7, 11) is -1.93. The molecule has 1 N–H and O–H groups in total. The molecular formula is C19H24ClN3O3S. The van der Waals surface area contributed by atoms with Gasteiger partial charge in [0.25, 0.3) is 0 Å². The number of benzene rings is 1. The number of nitrogens with zero attached hydrogens (tertiary/aromatic N) is 2. The Morgan fingerprint density at radius 3 is 2.52 bits per heavy atom. The van der Waals surface area contributed by atoms with Crippen LogP contribution in [0.3, 0.4) is 0 Å². The van der Waals surface area contributed by atoms with Crippen LogP contribution in [-0.2, 0) is 28.1 Å². The lowest BCUT2D eigenvalue weighted by atomic mass is 10.1. The molecule has 2 aromatic rings. The quantitative estimate of drug-likeness (QED) is 0.713. The van der Waals surface area contributed by atoms with Crippen LogP contribution in [-0.4, -0.2) is 35.4 Å². The van der Waals surface area contributed by atoms with Crippen molar-refractivity contribution in [3.8, 4) is 0 Å². The largest absolute Gasteiger partial charge is 0.355 e. The molecule has 1 fully saturated rings. The Morgan fingerprint density at radius 1 is 1.26 bits per heavy atom. The number of amides is 1. The molecule has 146 valence electrons. The normalized spacial score (nSPS) is 16.4. The second-order valence-corrected chi connectivity index (χ2v) is 9.74. The van der Waals surface area contributed by atoms with Crippen molar-refractivity contribution in [3.63, 3.8) is 0 Å². The highest BCUT2D eigenvalue weighted by atomic mass is 35.5. The molecule has 0 spiro atoms. The van der Waals surface area contributed by atoms with Gasteiger partial charge in [-0.25, -0.2) is 8.42 Å². The topological polar surface area (TPSA) is 81.1 Å². The predicted octanol–water partition coefficient (Wildman–Crippen LogP) is 2.91. The van der Waals surface area contributed by atoms with Gasteiger partial charge in [0.1, 0.15) is 0 Å². The molecule has 0 unspecified atom stereocenters. The van der Waals surface area contributed by atoms with Crippen LogP contribution < -0.4 is 5.32 Å². The standard InChI is InChI=1S/C19H24ClN3O3S/c1-23-14-15(13-22-23)5-4-12-21-18(24)19(10-2-3-11-19)27(25,26)17-8-6-16(20)7-9-17/h6-9,13-14H,2-5,10-12H2,1H3,(H,21,24). The van der Waals surface area contributed by atoms with E-state index in [2.05, 4.69) is 10.4 Å². The van der Waals surface area contributed by atoms with Crippen LogP contribution >= 0.6 is 11.6 Å². The zero-order valence-electron chi connectivity index (χ0n) is 15.3. The summed E-state index contributed by atoms with van der Waals surface area (Å²) in [5.41, 5.74) is 1.09. The van der Waals surface area contributed by atoms with E-state index in [1.165, 1.54) is 12.1 Å². The summed E-state index contributed by atoms with van der Waals surface area (Å²) < 4.78 is 26.9. The molecule has 0 atom stereocenters. The molecule has 1 saturated carbocycles. The summed E-state index contributed by atoms with van der Waals surface area (Å²) in [6.07, 6.45) is 7.42. The van der Waals surface area contributed by atoms with E-state index in [-0.39, 0.29) is 10.8 Å². The molecule has 27 heavy (non-hydrogen) atoms. The number of rotatable bonds is 7. The molecule has 1 aliphatic rings. The summed E-state index contributed by atoms with van der Waals surface area (Å²) in [6.45, 7) is 0.436. The highest BCUT2D eigenvalue weighted by Crippen LogP contribution is 2.41. The van der Waals surface area contributed by atoms with Crippen LogP contribution in [0.5, 0.6) is 0 Å². The summed E-state index contributed by atoms with van der Waals surface area (Å²) >= 11 is 5.88. The molecule has 0 saturated heterocycles. The Labute approximate surface area is 164 Å². The van der Waals surface area contributed by atoms with Gasteiger partial charge in [0.05, 0.1) is 11.1 Å². The molecule has 6 nitrogen and oxygen atoms in total. The van der Waals surface area contributed by atoms with E-state index in [9.17, 15) is 13.2 Å². The first-order valence-electron chi connectivity index (χ1n) is 9.11. The lowest BCUT2D eigenvalue weighted by molar-refractivity contribution is -0.123. The van der Waals surface area contributed by atoms with E-state index in [1.807, 2.05) is 13.2 Å². The van der Waals surface area contributed by atoms with Crippen LogP contribution in [0.2, 0.25) is 5.02 Å². The van der Waals surface area contributed by atoms with E-state index in [0.717, 1.165) is 31.2 Å². The molecule has 0 radical (unpaired) electrons. The fourth-order valence-electron chi connectivity index (χ4n) is 3.66. The first-order chi connectivity index (χ1) is 12.8. The highest BCUT2D eigenvalue weighted by molar-refractivity contribution is 7.93. The number of hydrogen-bond donors (Lipinski definition) is 1. The van der Waals surface area contributed by atoms with Crippen LogP contribution in [0.15, 0.2) is 41.6 Å². The van der Waals surface area contributed by atoms with Crippen LogP contribution in [0.25, 0.3) is 0 Å². The van der Waals surface area contributed by atoms with Gasteiger partial charge in [0.15, 0.2) is 14.6 Å². The summed E-state index contributed by atoms with van der Waals surface area (Å²) in [4.78, 5) is 13.1. The number of nitrogens with one attached hydrogen (secondary N) is 1. The third kappa shape index (κ3) is 4.04. The van der Waals surface area contributed by atoms with E-state index in [1.54, 1.807) is 23.0 Å². The molecular weight excluding hydrogens is 386 g/mol. The van der Waals surface area contributed by atoms with Gasteiger partial charge in [-0.3, -0.25) is 9.48 Å². The monoisotopic (exact) mass is 409 g/mol. The van der Waals surface area contributed by atoms with Crippen molar-refractivity contribution in [3.05, 3.63) is 47.2 Å². The number of carbonyl (C=O) groups is 1. The Morgan fingerprint density at radius 2 is 1.93 bits per heavy atom. The van der Waals surface area contributed by atoms with Crippen molar-refractivity contribution >= 4 is 27.3 Å².